The number of aliphatic imine (C=N–C) groups is 1. The SMILES string of the molecule is CCC=NC1=CC=CCC1N. The van der Waals surface area contributed by atoms with Gasteiger partial charge in [0, 0.05) is 6.21 Å². The summed E-state index contributed by atoms with van der Waals surface area (Å²) < 4.78 is 0. The highest BCUT2D eigenvalue weighted by molar-refractivity contribution is 5.59. The maximum absolute atomic E-state index is 5.79. The first kappa shape index (κ1) is 8.21. The monoisotopic (exact) mass is 150 g/mol. The Labute approximate surface area is 67.5 Å². The highest BCUT2D eigenvalue weighted by Gasteiger charge is 2.07. The summed E-state index contributed by atoms with van der Waals surface area (Å²) in [5, 5.41) is 0. The van der Waals surface area contributed by atoms with Gasteiger partial charge in [0.15, 0.2) is 0 Å². The number of hydrogen-bond donors (Lipinski definition) is 1. The molecule has 0 aromatic heterocycles. The predicted octanol–water partition coefficient (Wildman–Crippen LogP) is 1.64. The molecule has 0 aromatic rings. The minimum Gasteiger partial charge on any atom is -0.322 e. The molecule has 2 N–H and O–H groups in total. The van der Waals surface area contributed by atoms with E-state index in [4.69, 9.17) is 5.73 Å². The van der Waals surface area contributed by atoms with E-state index in [9.17, 15) is 0 Å². The molecule has 0 heterocycles. The van der Waals surface area contributed by atoms with Gasteiger partial charge >= 0.3 is 0 Å². The van der Waals surface area contributed by atoms with Gasteiger partial charge in [-0.2, -0.15) is 0 Å². The summed E-state index contributed by atoms with van der Waals surface area (Å²) in [4.78, 5) is 4.24. The molecule has 0 aromatic carbocycles. The molecule has 0 aliphatic heterocycles. The number of nitrogens with zero attached hydrogens (tertiary/aromatic N) is 1. The van der Waals surface area contributed by atoms with Crippen LogP contribution in [0.3, 0.4) is 0 Å². The van der Waals surface area contributed by atoms with Gasteiger partial charge in [-0.05, 0) is 18.9 Å². The Hall–Kier alpha value is -0.890. The van der Waals surface area contributed by atoms with Crippen LogP contribution in [0, 0.1) is 0 Å². The second-order valence-corrected chi connectivity index (χ2v) is 2.58. The van der Waals surface area contributed by atoms with Crippen LogP contribution in [0.2, 0.25) is 0 Å². The van der Waals surface area contributed by atoms with Crippen molar-refractivity contribution in [1.82, 2.24) is 0 Å². The summed E-state index contributed by atoms with van der Waals surface area (Å²) in [6, 6.07) is 0.0998. The van der Waals surface area contributed by atoms with Crippen LogP contribution in [-0.2, 0) is 0 Å². The van der Waals surface area contributed by atoms with Crippen molar-refractivity contribution < 1.29 is 0 Å². The second-order valence-electron chi connectivity index (χ2n) is 2.58. The minimum atomic E-state index is 0.0998. The van der Waals surface area contributed by atoms with Gasteiger partial charge in [0.2, 0.25) is 0 Å². The molecular weight excluding hydrogens is 136 g/mol. The molecule has 0 radical (unpaired) electrons. The fraction of sp³-hybridized carbons (Fsp3) is 0.444. The van der Waals surface area contributed by atoms with E-state index in [0.29, 0.717) is 0 Å². The first-order chi connectivity index (χ1) is 5.34. The molecule has 0 spiro atoms. The zero-order valence-corrected chi connectivity index (χ0v) is 6.83. The predicted molar refractivity (Wildman–Crippen MR) is 48.6 cm³/mol. The van der Waals surface area contributed by atoms with Crippen molar-refractivity contribution in [3.8, 4) is 0 Å². The van der Waals surface area contributed by atoms with Crippen LogP contribution in [0.15, 0.2) is 28.9 Å². The van der Waals surface area contributed by atoms with Crippen LogP contribution >= 0.6 is 0 Å². The summed E-state index contributed by atoms with van der Waals surface area (Å²) in [6.45, 7) is 2.06. The molecule has 11 heavy (non-hydrogen) atoms. The lowest BCUT2D eigenvalue weighted by molar-refractivity contribution is 0.765. The Bertz CT molecular complexity index is 202. The van der Waals surface area contributed by atoms with Crippen molar-refractivity contribution in [2.45, 2.75) is 25.8 Å². The van der Waals surface area contributed by atoms with E-state index in [0.717, 1.165) is 18.5 Å². The van der Waals surface area contributed by atoms with Crippen LogP contribution in [0.1, 0.15) is 19.8 Å². The third kappa shape index (κ3) is 2.31. The highest BCUT2D eigenvalue weighted by Crippen LogP contribution is 2.11. The standard InChI is InChI=1S/C9H14N2/c1-2-7-11-9-6-4-3-5-8(9)10/h3-4,6-8H,2,5,10H2,1H3. The van der Waals surface area contributed by atoms with E-state index >= 15 is 0 Å². The Morgan fingerprint density at radius 1 is 1.82 bits per heavy atom. The lowest BCUT2D eigenvalue weighted by atomic mass is 10.1. The molecule has 60 valence electrons. The van der Waals surface area contributed by atoms with Gasteiger partial charge in [-0.15, -0.1) is 0 Å². The summed E-state index contributed by atoms with van der Waals surface area (Å²) in [7, 11) is 0. The molecule has 1 rings (SSSR count). The summed E-state index contributed by atoms with van der Waals surface area (Å²) in [5.41, 5.74) is 6.78. The van der Waals surface area contributed by atoms with E-state index in [2.05, 4.69) is 18.0 Å². The second kappa shape index (κ2) is 4.09. The zero-order chi connectivity index (χ0) is 8.10. The third-order valence-corrected chi connectivity index (χ3v) is 1.60. The quantitative estimate of drug-likeness (QED) is 0.597. The van der Waals surface area contributed by atoms with Crippen molar-refractivity contribution in [3.05, 3.63) is 23.9 Å². The molecule has 1 aliphatic carbocycles. The lowest BCUT2D eigenvalue weighted by Crippen LogP contribution is -2.22. The van der Waals surface area contributed by atoms with Gasteiger partial charge in [0.1, 0.15) is 0 Å². The van der Waals surface area contributed by atoms with E-state index in [1.165, 1.54) is 0 Å². The molecule has 0 saturated heterocycles. The first-order valence-corrected chi connectivity index (χ1v) is 3.99. The van der Waals surface area contributed by atoms with Crippen LogP contribution in [-0.4, -0.2) is 12.3 Å². The largest absolute Gasteiger partial charge is 0.322 e. The minimum absolute atomic E-state index is 0.0998. The molecule has 0 bridgehead atoms. The van der Waals surface area contributed by atoms with Crippen molar-refractivity contribution >= 4 is 6.21 Å². The lowest BCUT2D eigenvalue weighted by Gasteiger charge is -2.11. The molecule has 0 amide bonds. The van der Waals surface area contributed by atoms with E-state index in [1.54, 1.807) is 0 Å². The number of nitrogens with two attached hydrogens (primary N) is 1. The smallest absolute Gasteiger partial charge is 0.0570 e. The van der Waals surface area contributed by atoms with E-state index in [-0.39, 0.29) is 6.04 Å². The summed E-state index contributed by atoms with van der Waals surface area (Å²) in [6.07, 6.45) is 9.81. The average Bonchev–Trinajstić information content (AvgIpc) is 2.03. The van der Waals surface area contributed by atoms with Gasteiger partial charge in [0.25, 0.3) is 0 Å². The Morgan fingerprint density at radius 3 is 3.27 bits per heavy atom. The van der Waals surface area contributed by atoms with Gasteiger partial charge in [0.05, 0.1) is 11.7 Å². The van der Waals surface area contributed by atoms with Gasteiger partial charge < -0.3 is 5.73 Å². The number of rotatable bonds is 2. The maximum atomic E-state index is 5.79. The summed E-state index contributed by atoms with van der Waals surface area (Å²) >= 11 is 0. The fourth-order valence-electron chi connectivity index (χ4n) is 0.972. The van der Waals surface area contributed by atoms with Gasteiger partial charge in [-0.1, -0.05) is 19.1 Å². The Morgan fingerprint density at radius 2 is 2.64 bits per heavy atom. The summed E-state index contributed by atoms with van der Waals surface area (Å²) in [5.74, 6) is 0. The fourth-order valence-corrected chi connectivity index (χ4v) is 0.972. The molecule has 1 unspecified atom stereocenters. The van der Waals surface area contributed by atoms with Crippen molar-refractivity contribution in [1.29, 1.82) is 0 Å². The van der Waals surface area contributed by atoms with Crippen molar-refractivity contribution in [2.24, 2.45) is 10.7 Å². The van der Waals surface area contributed by atoms with Crippen LogP contribution in [0.5, 0.6) is 0 Å². The Balaban J connectivity index is 2.60. The normalized spacial score (nSPS) is 24.2. The molecule has 1 atom stereocenters. The van der Waals surface area contributed by atoms with Gasteiger partial charge in [-0.3, -0.25) is 4.99 Å². The topological polar surface area (TPSA) is 38.4 Å². The van der Waals surface area contributed by atoms with E-state index in [1.807, 2.05) is 18.4 Å². The highest BCUT2D eigenvalue weighted by atomic mass is 14.8. The maximum Gasteiger partial charge on any atom is 0.0570 e. The van der Waals surface area contributed by atoms with Crippen LogP contribution < -0.4 is 5.73 Å². The average molecular weight is 150 g/mol. The molecular formula is C9H14N2. The molecule has 0 saturated carbocycles. The van der Waals surface area contributed by atoms with E-state index < -0.39 is 0 Å². The third-order valence-electron chi connectivity index (χ3n) is 1.60. The molecule has 1 aliphatic rings. The first-order valence-electron chi connectivity index (χ1n) is 3.99. The Kier molecular flexibility index (Phi) is 3.05. The van der Waals surface area contributed by atoms with Crippen LogP contribution in [0.4, 0.5) is 0 Å². The van der Waals surface area contributed by atoms with Crippen LogP contribution in [0.25, 0.3) is 0 Å². The van der Waals surface area contributed by atoms with Crippen molar-refractivity contribution in [2.75, 3.05) is 0 Å². The number of allylic oxidation sites excluding steroid dienone is 2. The number of hydrogen-bond acceptors (Lipinski definition) is 2. The molecule has 2 nitrogen and oxygen atoms in total. The van der Waals surface area contributed by atoms with Crippen molar-refractivity contribution in [3.63, 3.8) is 0 Å². The molecule has 0 fully saturated rings. The zero-order valence-electron chi connectivity index (χ0n) is 6.83. The van der Waals surface area contributed by atoms with Gasteiger partial charge in [-0.25, -0.2) is 0 Å². The molecule has 2 heteroatoms.